The van der Waals surface area contributed by atoms with Crippen molar-refractivity contribution in [1.29, 1.82) is 0 Å². The molecule has 0 unspecified atom stereocenters. The number of esters is 1. The maximum Gasteiger partial charge on any atom is 0.336 e. The van der Waals surface area contributed by atoms with E-state index in [1.807, 2.05) is 0 Å². The van der Waals surface area contributed by atoms with Crippen LogP contribution in [0.1, 0.15) is 50.5 Å². The van der Waals surface area contributed by atoms with Crippen molar-refractivity contribution in [3.63, 3.8) is 0 Å². The SMILES string of the molecule is CC1=C(C(=O)OC2CCCC2)[C@@H](c2ccc([N+](=O)[O-])cc2)CC(=O)N1. The van der Waals surface area contributed by atoms with E-state index in [4.69, 9.17) is 4.74 Å². The lowest BCUT2D eigenvalue weighted by Crippen LogP contribution is -2.35. The van der Waals surface area contributed by atoms with Crippen molar-refractivity contribution in [1.82, 2.24) is 5.32 Å². The Morgan fingerprint density at radius 2 is 1.88 bits per heavy atom. The number of nitrogens with zero attached hydrogens (tertiary/aromatic N) is 1. The van der Waals surface area contributed by atoms with E-state index >= 15 is 0 Å². The van der Waals surface area contributed by atoms with Crippen LogP contribution in [0.4, 0.5) is 5.69 Å². The van der Waals surface area contributed by atoms with Crippen molar-refractivity contribution in [3.8, 4) is 0 Å². The molecule has 25 heavy (non-hydrogen) atoms. The van der Waals surface area contributed by atoms with Crippen molar-refractivity contribution < 1.29 is 19.2 Å². The summed E-state index contributed by atoms with van der Waals surface area (Å²) in [6.45, 7) is 1.68. The maximum absolute atomic E-state index is 12.7. The maximum atomic E-state index is 12.7. The predicted octanol–water partition coefficient (Wildman–Crippen LogP) is 2.96. The zero-order chi connectivity index (χ0) is 18.0. The Labute approximate surface area is 145 Å². The van der Waals surface area contributed by atoms with Gasteiger partial charge in [0.05, 0.1) is 10.5 Å². The summed E-state index contributed by atoms with van der Waals surface area (Å²) in [4.78, 5) is 35.0. The fourth-order valence-corrected chi connectivity index (χ4v) is 3.51. The fraction of sp³-hybridized carbons (Fsp3) is 0.444. The van der Waals surface area contributed by atoms with Gasteiger partial charge in [0.2, 0.25) is 5.91 Å². The quantitative estimate of drug-likeness (QED) is 0.514. The summed E-state index contributed by atoms with van der Waals surface area (Å²) in [6.07, 6.45) is 3.89. The molecule has 0 spiro atoms. The summed E-state index contributed by atoms with van der Waals surface area (Å²) in [7, 11) is 0. The van der Waals surface area contributed by atoms with Gasteiger partial charge in [0.15, 0.2) is 0 Å². The molecule has 1 heterocycles. The van der Waals surface area contributed by atoms with E-state index in [9.17, 15) is 19.7 Å². The van der Waals surface area contributed by atoms with Crippen molar-refractivity contribution in [2.24, 2.45) is 0 Å². The number of rotatable bonds is 4. The molecular formula is C18H20N2O5. The Morgan fingerprint density at radius 1 is 1.24 bits per heavy atom. The van der Waals surface area contributed by atoms with Gasteiger partial charge in [-0.25, -0.2) is 4.79 Å². The molecule has 132 valence electrons. The largest absolute Gasteiger partial charge is 0.459 e. The first-order valence-electron chi connectivity index (χ1n) is 8.41. The number of carbonyl (C=O) groups excluding carboxylic acids is 2. The van der Waals surface area contributed by atoms with Gasteiger partial charge in [-0.3, -0.25) is 14.9 Å². The zero-order valence-electron chi connectivity index (χ0n) is 14.0. The van der Waals surface area contributed by atoms with E-state index < -0.39 is 16.8 Å². The molecule has 1 saturated carbocycles. The number of benzene rings is 1. The van der Waals surface area contributed by atoms with Crippen LogP contribution >= 0.6 is 0 Å². The zero-order valence-corrected chi connectivity index (χ0v) is 14.0. The second-order valence-corrected chi connectivity index (χ2v) is 6.50. The van der Waals surface area contributed by atoms with Gasteiger partial charge in [-0.05, 0) is 38.2 Å². The van der Waals surface area contributed by atoms with Crippen molar-refractivity contribution in [2.75, 3.05) is 0 Å². The average Bonchev–Trinajstić information content (AvgIpc) is 3.07. The van der Waals surface area contributed by atoms with Crippen molar-refractivity contribution in [3.05, 3.63) is 51.2 Å². The number of nitrogens with one attached hydrogen (secondary N) is 1. The molecule has 1 atom stereocenters. The Kier molecular flexibility index (Phi) is 4.83. The first-order chi connectivity index (χ1) is 12.0. The molecule has 1 aliphatic carbocycles. The molecule has 1 amide bonds. The van der Waals surface area contributed by atoms with Gasteiger partial charge in [0.1, 0.15) is 6.10 Å². The van der Waals surface area contributed by atoms with E-state index in [1.54, 1.807) is 19.1 Å². The minimum Gasteiger partial charge on any atom is -0.459 e. The van der Waals surface area contributed by atoms with Gasteiger partial charge in [0.25, 0.3) is 5.69 Å². The number of non-ortho nitro benzene ring substituents is 1. The summed E-state index contributed by atoms with van der Waals surface area (Å²) >= 11 is 0. The molecule has 3 rings (SSSR count). The molecule has 7 heteroatoms. The summed E-state index contributed by atoms with van der Waals surface area (Å²) in [5, 5.41) is 13.5. The van der Waals surface area contributed by atoms with Gasteiger partial charge < -0.3 is 10.1 Å². The first kappa shape index (κ1) is 17.1. The molecule has 1 aliphatic heterocycles. The number of nitro benzene ring substituents is 1. The van der Waals surface area contributed by atoms with Crippen molar-refractivity contribution >= 4 is 17.6 Å². The second-order valence-electron chi connectivity index (χ2n) is 6.50. The molecule has 1 N–H and O–H groups in total. The number of nitro groups is 1. The molecule has 0 bridgehead atoms. The highest BCUT2D eigenvalue weighted by Gasteiger charge is 2.34. The summed E-state index contributed by atoms with van der Waals surface area (Å²) in [5.74, 6) is -1.05. The van der Waals surface area contributed by atoms with Crippen LogP contribution in [0.3, 0.4) is 0 Å². The van der Waals surface area contributed by atoms with Crippen LogP contribution in [0.5, 0.6) is 0 Å². The normalized spacial score (nSPS) is 21.2. The van der Waals surface area contributed by atoms with E-state index in [1.165, 1.54) is 12.1 Å². The van der Waals surface area contributed by atoms with E-state index in [2.05, 4.69) is 5.32 Å². The fourth-order valence-electron chi connectivity index (χ4n) is 3.51. The minimum absolute atomic E-state index is 0.0280. The summed E-state index contributed by atoms with van der Waals surface area (Å²) in [6, 6.07) is 5.96. The van der Waals surface area contributed by atoms with Crippen LogP contribution < -0.4 is 5.32 Å². The van der Waals surface area contributed by atoms with Crippen LogP contribution in [0.2, 0.25) is 0 Å². The first-order valence-corrected chi connectivity index (χ1v) is 8.41. The molecule has 1 aromatic carbocycles. The molecule has 0 saturated heterocycles. The lowest BCUT2D eigenvalue weighted by Gasteiger charge is -2.27. The molecule has 7 nitrogen and oxygen atoms in total. The third-order valence-electron chi connectivity index (χ3n) is 4.77. The monoisotopic (exact) mass is 344 g/mol. The average molecular weight is 344 g/mol. The number of allylic oxidation sites excluding steroid dienone is 1. The third kappa shape index (κ3) is 3.70. The number of amides is 1. The van der Waals surface area contributed by atoms with E-state index in [-0.39, 0.29) is 24.1 Å². The standard InChI is InChI=1S/C18H20N2O5/c1-11-17(18(22)25-14-4-2-3-5-14)15(10-16(21)19-11)12-6-8-13(9-7-12)20(23)24/h6-9,14-15H,2-5,10H2,1H3,(H,19,21)/t15-/m1/s1. The third-order valence-corrected chi connectivity index (χ3v) is 4.77. The molecule has 1 fully saturated rings. The van der Waals surface area contributed by atoms with Gasteiger partial charge in [0, 0.05) is 30.2 Å². The summed E-state index contributed by atoms with van der Waals surface area (Å²) < 4.78 is 5.61. The van der Waals surface area contributed by atoms with Crippen LogP contribution in [-0.4, -0.2) is 22.9 Å². The minimum atomic E-state index is -0.478. The van der Waals surface area contributed by atoms with E-state index in [0.717, 1.165) is 25.7 Å². The van der Waals surface area contributed by atoms with Crippen LogP contribution in [0, 0.1) is 10.1 Å². The molecule has 0 aromatic heterocycles. The van der Waals surface area contributed by atoms with Gasteiger partial charge in [-0.15, -0.1) is 0 Å². The van der Waals surface area contributed by atoms with Crippen LogP contribution in [0.15, 0.2) is 35.5 Å². The second kappa shape index (κ2) is 7.04. The summed E-state index contributed by atoms with van der Waals surface area (Å²) in [5.41, 5.74) is 1.58. The number of hydrogen-bond acceptors (Lipinski definition) is 5. The highest BCUT2D eigenvalue weighted by atomic mass is 16.6. The lowest BCUT2D eigenvalue weighted by atomic mass is 9.84. The van der Waals surface area contributed by atoms with Crippen molar-refractivity contribution in [2.45, 2.75) is 51.0 Å². The van der Waals surface area contributed by atoms with Gasteiger partial charge >= 0.3 is 5.97 Å². The highest BCUT2D eigenvalue weighted by molar-refractivity contribution is 5.95. The Morgan fingerprint density at radius 3 is 2.48 bits per heavy atom. The van der Waals surface area contributed by atoms with E-state index in [0.29, 0.717) is 16.8 Å². The smallest absolute Gasteiger partial charge is 0.336 e. The lowest BCUT2D eigenvalue weighted by molar-refractivity contribution is -0.384. The highest BCUT2D eigenvalue weighted by Crippen LogP contribution is 2.35. The van der Waals surface area contributed by atoms with Gasteiger partial charge in [-0.1, -0.05) is 12.1 Å². The molecular weight excluding hydrogens is 324 g/mol. The van der Waals surface area contributed by atoms with Crippen LogP contribution in [0.25, 0.3) is 0 Å². The molecule has 0 radical (unpaired) electrons. The Hall–Kier alpha value is -2.70. The van der Waals surface area contributed by atoms with Gasteiger partial charge in [-0.2, -0.15) is 0 Å². The predicted molar refractivity (Wildman–Crippen MR) is 89.6 cm³/mol. The Bertz CT molecular complexity index is 732. The topological polar surface area (TPSA) is 98.5 Å². The Balaban J connectivity index is 1.88. The number of carbonyl (C=O) groups is 2. The molecule has 1 aromatic rings. The number of ether oxygens (including phenoxy) is 1. The number of hydrogen-bond donors (Lipinski definition) is 1. The molecule has 2 aliphatic rings. The van der Waals surface area contributed by atoms with Crippen LogP contribution in [-0.2, 0) is 14.3 Å².